The summed E-state index contributed by atoms with van der Waals surface area (Å²) in [5, 5.41) is 0. The van der Waals surface area contributed by atoms with Crippen LogP contribution in [0.25, 0.3) is 0 Å². The summed E-state index contributed by atoms with van der Waals surface area (Å²) in [5.41, 5.74) is 2.06. The van der Waals surface area contributed by atoms with Crippen molar-refractivity contribution in [2.24, 2.45) is 0 Å². The Hall–Kier alpha value is -2.18. The highest BCUT2D eigenvalue weighted by molar-refractivity contribution is 7.91. The fourth-order valence-corrected chi connectivity index (χ4v) is 6.24. The Labute approximate surface area is 160 Å². The zero-order valence-corrected chi connectivity index (χ0v) is 16.0. The van der Waals surface area contributed by atoms with Crippen molar-refractivity contribution in [3.63, 3.8) is 0 Å². The van der Waals surface area contributed by atoms with E-state index in [4.69, 9.17) is 0 Å². The smallest absolute Gasteiger partial charge is 0.241 e. The Kier molecular flexibility index (Phi) is 5.02. The summed E-state index contributed by atoms with van der Waals surface area (Å²) < 4.78 is 24.7. The second kappa shape index (κ2) is 7.44. The van der Waals surface area contributed by atoms with E-state index in [0.717, 1.165) is 25.1 Å². The zero-order chi connectivity index (χ0) is 18.9. The number of amides is 1. The normalized spacial score (nSPS) is 24.7. The highest BCUT2D eigenvalue weighted by Crippen LogP contribution is 2.31. The maximum absolute atomic E-state index is 12.9. The van der Waals surface area contributed by atoms with E-state index in [0.29, 0.717) is 0 Å². The standard InChI is InChI=1S/C21H24N2O3S/c24-21-14-22(13-7-10-17-8-3-1-4-9-17)19-15-27(25,26)16-20(19)23(21)18-11-5-2-6-12-18/h1-6,8-9,11-12,19-20H,7,10,13-16H2. The average Bonchev–Trinajstić information content (AvgIpc) is 2.98. The molecule has 2 aliphatic heterocycles. The molecule has 0 bridgehead atoms. The number of carbonyl (C=O) groups is 1. The van der Waals surface area contributed by atoms with Gasteiger partial charge in [0, 0.05) is 11.7 Å². The monoisotopic (exact) mass is 384 g/mol. The summed E-state index contributed by atoms with van der Waals surface area (Å²) in [6, 6.07) is 19.3. The van der Waals surface area contributed by atoms with Gasteiger partial charge in [-0.1, -0.05) is 48.5 Å². The highest BCUT2D eigenvalue weighted by Gasteiger charge is 2.49. The van der Waals surface area contributed by atoms with Gasteiger partial charge in [0.1, 0.15) is 0 Å². The lowest BCUT2D eigenvalue weighted by atomic mass is 10.0. The lowest BCUT2D eigenvalue weighted by Gasteiger charge is -2.43. The van der Waals surface area contributed by atoms with Gasteiger partial charge in [-0.3, -0.25) is 9.69 Å². The van der Waals surface area contributed by atoms with Crippen LogP contribution in [0.15, 0.2) is 60.7 Å². The predicted octanol–water partition coefficient (Wildman–Crippen LogP) is 2.13. The van der Waals surface area contributed by atoms with Gasteiger partial charge in [-0.05, 0) is 37.1 Å². The maximum atomic E-state index is 12.9. The Bertz CT molecular complexity index is 900. The van der Waals surface area contributed by atoms with E-state index < -0.39 is 9.84 Å². The number of anilines is 1. The summed E-state index contributed by atoms with van der Waals surface area (Å²) in [4.78, 5) is 16.7. The number of para-hydroxylation sites is 1. The van der Waals surface area contributed by atoms with Gasteiger partial charge >= 0.3 is 0 Å². The van der Waals surface area contributed by atoms with Gasteiger partial charge in [-0.25, -0.2) is 8.42 Å². The van der Waals surface area contributed by atoms with Crippen molar-refractivity contribution < 1.29 is 13.2 Å². The molecule has 2 saturated heterocycles. The first-order valence-corrected chi connectivity index (χ1v) is 11.2. The molecule has 142 valence electrons. The maximum Gasteiger partial charge on any atom is 0.241 e. The predicted molar refractivity (Wildman–Crippen MR) is 106 cm³/mol. The van der Waals surface area contributed by atoms with Crippen LogP contribution in [-0.4, -0.2) is 55.9 Å². The first kappa shape index (κ1) is 18.2. The molecule has 0 aromatic heterocycles. The second-order valence-corrected chi connectivity index (χ2v) is 9.52. The van der Waals surface area contributed by atoms with Crippen LogP contribution in [0.4, 0.5) is 5.69 Å². The number of hydrogen-bond donors (Lipinski definition) is 0. The Morgan fingerprint density at radius 1 is 0.889 bits per heavy atom. The summed E-state index contributed by atoms with van der Waals surface area (Å²) in [5.74, 6) is 0.173. The van der Waals surface area contributed by atoms with E-state index in [9.17, 15) is 13.2 Å². The van der Waals surface area contributed by atoms with Crippen LogP contribution in [0.5, 0.6) is 0 Å². The van der Waals surface area contributed by atoms with Crippen LogP contribution in [0.2, 0.25) is 0 Å². The molecule has 0 spiro atoms. The zero-order valence-electron chi connectivity index (χ0n) is 15.2. The van der Waals surface area contributed by atoms with Gasteiger partial charge in [0.2, 0.25) is 5.91 Å². The quantitative estimate of drug-likeness (QED) is 0.793. The second-order valence-electron chi connectivity index (χ2n) is 7.37. The van der Waals surface area contributed by atoms with Crippen molar-refractivity contribution in [2.45, 2.75) is 24.9 Å². The largest absolute Gasteiger partial charge is 0.306 e. The number of benzene rings is 2. The average molecular weight is 385 g/mol. The van der Waals surface area contributed by atoms with Crippen LogP contribution in [0.1, 0.15) is 12.0 Å². The molecule has 0 N–H and O–H groups in total. The van der Waals surface area contributed by atoms with Crippen molar-refractivity contribution in [1.29, 1.82) is 0 Å². The number of rotatable bonds is 5. The van der Waals surface area contributed by atoms with Crippen LogP contribution in [0, 0.1) is 0 Å². The minimum absolute atomic E-state index is 0.0146. The first-order valence-electron chi connectivity index (χ1n) is 9.39. The number of hydrogen-bond acceptors (Lipinski definition) is 4. The molecular formula is C21H24N2O3S. The third kappa shape index (κ3) is 3.92. The molecule has 2 aromatic carbocycles. The Morgan fingerprint density at radius 2 is 1.52 bits per heavy atom. The van der Waals surface area contributed by atoms with Gasteiger partial charge in [-0.15, -0.1) is 0 Å². The first-order chi connectivity index (χ1) is 13.0. The fourth-order valence-electron chi connectivity index (χ4n) is 4.26. The van der Waals surface area contributed by atoms with E-state index in [1.165, 1.54) is 5.56 Å². The number of nitrogens with zero attached hydrogens (tertiary/aromatic N) is 2. The molecular weight excluding hydrogens is 360 g/mol. The van der Waals surface area contributed by atoms with Gasteiger partial charge in [0.05, 0.1) is 24.1 Å². The van der Waals surface area contributed by atoms with Crippen LogP contribution in [0.3, 0.4) is 0 Å². The van der Waals surface area contributed by atoms with Gasteiger partial charge in [-0.2, -0.15) is 0 Å². The molecule has 2 atom stereocenters. The lowest BCUT2D eigenvalue weighted by Crippen LogP contribution is -2.62. The Balaban J connectivity index is 1.51. The molecule has 4 rings (SSSR count). The van der Waals surface area contributed by atoms with Crippen molar-refractivity contribution in [3.8, 4) is 0 Å². The molecule has 2 aromatic rings. The lowest BCUT2D eigenvalue weighted by molar-refractivity contribution is -0.123. The number of carbonyl (C=O) groups excluding carboxylic acids is 1. The van der Waals surface area contributed by atoms with Gasteiger partial charge in [0.25, 0.3) is 0 Å². The molecule has 0 radical (unpaired) electrons. The molecule has 2 heterocycles. The number of piperazine rings is 1. The van der Waals surface area contributed by atoms with Crippen LogP contribution < -0.4 is 4.90 Å². The van der Waals surface area contributed by atoms with E-state index in [1.807, 2.05) is 48.5 Å². The molecule has 5 nitrogen and oxygen atoms in total. The summed E-state index contributed by atoms with van der Waals surface area (Å²) in [6.45, 7) is 1.01. The highest BCUT2D eigenvalue weighted by atomic mass is 32.2. The molecule has 0 aliphatic carbocycles. The minimum atomic E-state index is -3.14. The molecule has 27 heavy (non-hydrogen) atoms. The minimum Gasteiger partial charge on any atom is -0.306 e. The molecule has 1 amide bonds. The SMILES string of the molecule is O=C1CN(CCCc2ccccc2)C2CS(=O)(=O)CC2N1c1ccccc1. The summed E-state index contributed by atoms with van der Waals surface area (Å²) >= 11 is 0. The molecule has 0 saturated carbocycles. The van der Waals surface area contributed by atoms with Gasteiger partial charge in [0.15, 0.2) is 9.84 Å². The molecule has 6 heteroatoms. The Morgan fingerprint density at radius 3 is 2.22 bits per heavy atom. The number of fused-ring (bicyclic) bond motifs is 1. The van der Waals surface area contributed by atoms with E-state index in [1.54, 1.807) is 4.90 Å². The van der Waals surface area contributed by atoms with Crippen LogP contribution >= 0.6 is 0 Å². The molecule has 2 aliphatic rings. The third-order valence-corrected chi connectivity index (χ3v) is 7.19. The van der Waals surface area contributed by atoms with Crippen molar-refractivity contribution in [2.75, 3.05) is 29.5 Å². The van der Waals surface area contributed by atoms with E-state index in [-0.39, 0.29) is 36.0 Å². The molecule has 2 unspecified atom stereocenters. The topological polar surface area (TPSA) is 57.7 Å². The summed E-state index contributed by atoms with van der Waals surface area (Å²) in [7, 11) is -3.14. The van der Waals surface area contributed by atoms with Crippen molar-refractivity contribution >= 4 is 21.4 Å². The van der Waals surface area contributed by atoms with Crippen LogP contribution in [-0.2, 0) is 21.1 Å². The number of sulfone groups is 1. The van der Waals surface area contributed by atoms with Gasteiger partial charge < -0.3 is 4.90 Å². The van der Waals surface area contributed by atoms with Crippen molar-refractivity contribution in [1.82, 2.24) is 4.90 Å². The molecule has 2 fully saturated rings. The summed E-state index contributed by atoms with van der Waals surface area (Å²) in [6.07, 6.45) is 1.84. The van der Waals surface area contributed by atoms with Crippen molar-refractivity contribution in [3.05, 3.63) is 66.2 Å². The third-order valence-electron chi connectivity index (χ3n) is 5.49. The van der Waals surface area contributed by atoms with E-state index in [2.05, 4.69) is 17.0 Å². The fraction of sp³-hybridized carbons (Fsp3) is 0.381. The number of aryl methyl sites for hydroxylation is 1. The van der Waals surface area contributed by atoms with E-state index >= 15 is 0 Å².